The molecule has 3 nitrogen and oxygen atoms in total. The van der Waals surface area contributed by atoms with Crippen molar-refractivity contribution in [2.45, 2.75) is 39.3 Å². The molecule has 0 radical (unpaired) electrons. The maximum atomic E-state index is 12.0. The van der Waals surface area contributed by atoms with Gasteiger partial charge >= 0.3 is 6.18 Å². The molecule has 0 amide bonds. The molecule has 0 rings (SSSR count). The quantitative estimate of drug-likeness (QED) is 0.435. The van der Waals surface area contributed by atoms with Crippen LogP contribution in [0.4, 0.5) is 13.2 Å². The Morgan fingerprint density at radius 1 is 1.28 bits per heavy atom. The Morgan fingerprint density at radius 2 is 1.89 bits per heavy atom. The molecular weight excluding hydrogens is 358 g/mol. The van der Waals surface area contributed by atoms with Crippen LogP contribution in [0.1, 0.15) is 33.1 Å². The highest BCUT2D eigenvalue weighted by Gasteiger charge is 2.26. The lowest BCUT2D eigenvalue weighted by Crippen LogP contribution is -2.39. The summed E-state index contributed by atoms with van der Waals surface area (Å²) >= 11 is 0. The van der Waals surface area contributed by atoms with Crippen LogP contribution < -0.4 is 5.32 Å². The molecule has 0 aliphatic carbocycles. The third-order valence-electron chi connectivity index (χ3n) is 2.20. The van der Waals surface area contributed by atoms with Gasteiger partial charge in [-0.2, -0.15) is 13.2 Å². The van der Waals surface area contributed by atoms with Crippen molar-refractivity contribution in [3.8, 4) is 0 Å². The van der Waals surface area contributed by atoms with Crippen LogP contribution in [-0.2, 0) is 0 Å². The second kappa shape index (κ2) is 10.7. The van der Waals surface area contributed by atoms with Gasteiger partial charge in [0.25, 0.3) is 0 Å². The normalized spacial score (nSPS) is 12.0. The first kappa shape index (κ1) is 20.1. The summed E-state index contributed by atoms with van der Waals surface area (Å²) in [6.45, 7) is 5.20. The van der Waals surface area contributed by atoms with E-state index >= 15 is 0 Å². The molecule has 0 aromatic heterocycles. The Kier molecular flexibility index (Phi) is 11.9. The van der Waals surface area contributed by atoms with Crippen LogP contribution in [0, 0.1) is 0 Å². The molecule has 0 aliphatic rings. The summed E-state index contributed by atoms with van der Waals surface area (Å²) in [6.07, 6.45) is -2.96. The zero-order chi connectivity index (χ0) is 13.3. The van der Waals surface area contributed by atoms with E-state index in [1.54, 1.807) is 0 Å². The Bertz CT molecular complexity index is 232. The lowest BCUT2D eigenvalue weighted by atomic mass is 10.3. The van der Waals surface area contributed by atoms with E-state index in [0.29, 0.717) is 12.5 Å². The Balaban J connectivity index is 0. The molecule has 7 heteroatoms. The van der Waals surface area contributed by atoms with E-state index in [-0.39, 0.29) is 30.5 Å². The lowest BCUT2D eigenvalue weighted by Gasteiger charge is -2.21. The van der Waals surface area contributed by atoms with Gasteiger partial charge < -0.3 is 10.2 Å². The van der Waals surface area contributed by atoms with Crippen LogP contribution in [0.25, 0.3) is 0 Å². The van der Waals surface area contributed by atoms with E-state index < -0.39 is 12.6 Å². The van der Waals surface area contributed by atoms with E-state index in [1.165, 1.54) is 0 Å². The number of halogens is 4. The van der Waals surface area contributed by atoms with Crippen molar-refractivity contribution in [2.24, 2.45) is 4.99 Å². The smallest absolute Gasteiger partial charge is 0.357 e. The van der Waals surface area contributed by atoms with Gasteiger partial charge in [0.1, 0.15) is 0 Å². The van der Waals surface area contributed by atoms with Gasteiger partial charge in [0.05, 0.1) is 13.0 Å². The van der Waals surface area contributed by atoms with Crippen molar-refractivity contribution >= 4 is 29.9 Å². The second-order valence-corrected chi connectivity index (χ2v) is 3.88. The minimum absolute atomic E-state index is 0. The molecule has 0 aromatic carbocycles. The summed E-state index contributed by atoms with van der Waals surface area (Å²) in [5.74, 6) is 0.546. The first-order valence-electron chi connectivity index (χ1n) is 5.97. The standard InChI is InChI=1S/C11H22F3N3.HI/c1-4-6-9-17(3)10(15-5-2)16-8-7-11(12,13)14;/h4-9H2,1-3H3,(H,15,16);1H. The molecule has 0 fully saturated rings. The van der Waals surface area contributed by atoms with Crippen LogP contribution in [0.3, 0.4) is 0 Å². The molecule has 0 bridgehead atoms. The van der Waals surface area contributed by atoms with Gasteiger partial charge in [-0.05, 0) is 13.3 Å². The monoisotopic (exact) mass is 381 g/mol. The maximum absolute atomic E-state index is 12.0. The molecular formula is C11H23F3IN3. The summed E-state index contributed by atoms with van der Waals surface area (Å²) in [7, 11) is 1.84. The summed E-state index contributed by atoms with van der Waals surface area (Å²) in [5, 5.41) is 2.99. The van der Waals surface area contributed by atoms with Gasteiger partial charge in [-0.25, -0.2) is 0 Å². The summed E-state index contributed by atoms with van der Waals surface area (Å²) < 4.78 is 36.0. The largest absolute Gasteiger partial charge is 0.390 e. The van der Waals surface area contributed by atoms with Gasteiger partial charge in [-0.1, -0.05) is 13.3 Å². The van der Waals surface area contributed by atoms with Crippen LogP contribution in [-0.4, -0.2) is 43.7 Å². The van der Waals surface area contributed by atoms with E-state index in [9.17, 15) is 13.2 Å². The topological polar surface area (TPSA) is 27.6 Å². The van der Waals surface area contributed by atoms with Crippen molar-refractivity contribution in [3.63, 3.8) is 0 Å². The van der Waals surface area contributed by atoms with Crippen LogP contribution in [0.2, 0.25) is 0 Å². The van der Waals surface area contributed by atoms with Crippen molar-refractivity contribution in [1.82, 2.24) is 10.2 Å². The third-order valence-corrected chi connectivity index (χ3v) is 2.20. The van der Waals surface area contributed by atoms with E-state index in [4.69, 9.17) is 0 Å². The van der Waals surface area contributed by atoms with Crippen molar-refractivity contribution in [3.05, 3.63) is 0 Å². The molecule has 0 aliphatic heterocycles. The number of guanidine groups is 1. The van der Waals surface area contributed by atoms with Crippen LogP contribution in [0.5, 0.6) is 0 Å². The number of hydrogen-bond acceptors (Lipinski definition) is 1. The molecule has 1 N–H and O–H groups in total. The average molecular weight is 381 g/mol. The molecule has 0 saturated heterocycles. The highest BCUT2D eigenvalue weighted by atomic mass is 127. The summed E-state index contributed by atoms with van der Waals surface area (Å²) in [5.41, 5.74) is 0. The van der Waals surface area contributed by atoms with Gasteiger partial charge in [-0.3, -0.25) is 4.99 Å². The fraction of sp³-hybridized carbons (Fsp3) is 0.909. The first-order valence-corrected chi connectivity index (χ1v) is 5.97. The number of unbranched alkanes of at least 4 members (excludes halogenated alkanes) is 1. The lowest BCUT2D eigenvalue weighted by molar-refractivity contribution is -0.132. The second-order valence-electron chi connectivity index (χ2n) is 3.88. The van der Waals surface area contributed by atoms with E-state index in [0.717, 1.165) is 19.4 Å². The molecule has 0 aromatic rings. The van der Waals surface area contributed by atoms with Gasteiger partial charge in [0.2, 0.25) is 0 Å². The fourth-order valence-corrected chi connectivity index (χ4v) is 1.26. The van der Waals surface area contributed by atoms with Crippen LogP contribution in [0.15, 0.2) is 4.99 Å². The maximum Gasteiger partial charge on any atom is 0.390 e. The molecule has 0 heterocycles. The van der Waals surface area contributed by atoms with E-state index in [1.807, 2.05) is 18.9 Å². The highest BCUT2D eigenvalue weighted by Crippen LogP contribution is 2.18. The third kappa shape index (κ3) is 10.9. The minimum atomic E-state index is -4.14. The molecule has 110 valence electrons. The Morgan fingerprint density at radius 3 is 2.33 bits per heavy atom. The minimum Gasteiger partial charge on any atom is -0.357 e. The summed E-state index contributed by atoms with van der Waals surface area (Å²) in [6, 6.07) is 0. The molecule has 0 saturated carbocycles. The van der Waals surface area contributed by atoms with Gasteiger partial charge in [0, 0.05) is 20.1 Å². The summed E-state index contributed by atoms with van der Waals surface area (Å²) in [4.78, 5) is 5.83. The number of hydrogen-bond donors (Lipinski definition) is 1. The number of nitrogens with one attached hydrogen (secondary N) is 1. The van der Waals surface area contributed by atoms with Crippen molar-refractivity contribution in [2.75, 3.05) is 26.7 Å². The zero-order valence-corrected chi connectivity index (χ0v) is 13.5. The molecule has 0 unspecified atom stereocenters. The van der Waals surface area contributed by atoms with Gasteiger partial charge in [0.15, 0.2) is 5.96 Å². The van der Waals surface area contributed by atoms with Gasteiger partial charge in [-0.15, -0.1) is 24.0 Å². The zero-order valence-electron chi connectivity index (χ0n) is 11.2. The number of nitrogens with zero attached hydrogens (tertiary/aromatic N) is 2. The number of rotatable bonds is 6. The SMILES string of the molecule is CCCCN(C)C(=NCCC(F)(F)F)NCC.I. The molecule has 0 spiro atoms. The molecule has 0 atom stereocenters. The Labute approximate surface area is 124 Å². The predicted octanol–water partition coefficient (Wildman–Crippen LogP) is 3.25. The number of alkyl halides is 3. The first-order chi connectivity index (χ1) is 7.90. The fourth-order valence-electron chi connectivity index (χ4n) is 1.26. The van der Waals surface area contributed by atoms with Crippen molar-refractivity contribution in [1.29, 1.82) is 0 Å². The van der Waals surface area contributed by atoms with Crippen LogP contribution >= 0.6 is 24.0 Å². The van der Waals surface area contributed by atoms with Crippen molar-refractivity contribution < 1.29 is 13.2 Å². The van der Waals surface area contributed by atoms with E-state index in [2.05, 4.69) is 17.2 Å². The average Bonchev–Trinajstić information content (AvgIpc) is 2.23. The Hall–Kier alpha value is -0.210. The molecule has 18 heavy (non-hydrogen) atoms. The number of aliphatic imine (C=N–C) groups is 1. The predicted molar refractivity (Wildman–Crippen MR) is 79.6 cm³/mol. The highest BCUT2D eigenvalue weighted by molar-refractivity contribution is 14.0.